The van der Waals surface area contributed by atoms with Gasteiger partial charge in [0.2, 0.25) is 0 Å². The van der Waals surface area contributed by atoms with Crippen molar-refractivity contribution in [2.45, 2.75) is 17.9 Å². The van der Waals surface area contributed by atoms with Crippen LogP contribution in [-0.2, 0) is 14.6 Å². The van der Waals surface area contributed by atoms with E-state index in [1.165, 1.54) is 24.3 Å². The predicted molar refractivity (Wildman–Crippen MR) is 64.7 cm³/mol. The van der Waals surface area contributed by atoms with Gasteiger partial charge in [-0.15, -0.1) is 0 Å². The van der Waals surface area contributed by atoms with E-state index < -0.39 is 28.6 Å². The molecule has 1 rings (SSSR count). The number of aliphatic hydroxyl groups excluding tert-OH is 1. The summed E-state index contributed by atoms with van der Waals surface area (Å²) in [5.74, 6) is 0.00750. The first-order valence-electron chi connectivity index (χ1n) is 5.30. The minimum Gasteiger partial charge on any atom is -0.439 e. The second-order valence-electron chi connectivity index (χ2n) is 3.58. The molecule has 1 aromatic carbocycles. The van der Waals surface area contributed by atoms with Gasteiger partial charge >= 0.3 is 6.09 Å². The molecule has 0 aromatic heterocycles. The van der Waals surface area contributed by atoms with Crippen LogP contribution in [0.15, 0.2) is 29.2 Å². The number of benzene rings is 1. The fraction of sp³-hybridized carbons (Fsp3) is 0.364. The van der Waals surface area contributed by atoms with Crippen molar-refractivity contribution in [1.82, 2.24) is 0 Å². The van der Waals surface area contributed by atoms with Gasteiger partial charge in [-0.05, 0) is 17.7 Å². The zero-order valence-corrected chi connectivity index (χ0v) is 10.7. The van der Waals surface area contributed by atoms with E-state index in [2.05, 4.69) is 4.74 Å². The van der Waals surface area contributed by atoms with Crippen LogP contribution in [0.3, 0.4) is 0 Å². The van der Waals surface area contributed by atoms with Crippen molar-refractivity contribution in [2.75, 3.05) is 12.4 Å². The fourth-order valence-corrected chi connectivity index (χ4v) is 2.29. The smallest absolute Gasteiger partial charge is 0.405 e. The molecule has 0 saturated carbocycles. The standard InChI is InChI=1S/C11H15NO5S/c1-2-18(15,16)9-5-3-8(4-6-9)10(7-13)17-11(12)14/h3-6,10,13H,2,7H2,1H3,(H2,12,14). The summed E-state index contributed by atoms with van der Waals surface area (Å²) in [5, 5.41) is 9.05. The topological polar surface area (TPSA) is 107 Å². The van der Waals surface area contributed by atoms with Gasteiger partial charge in [0, 0.05) is 0 Å². The van der Waals surface area contributed by atoms with Crippen LogP contribution < -0.4 is 5.73 Å². The van der Waals surface area contributed by atoms with E-state index >= 15 is 0 Å². The summed E-state index contributed by atoms with van der Waals surface area (Å²) in [7, 11) is -3.27. The van der Waals surface area contributed by atoms with Gasteiger partial charge in [-0.1, -0.05) is 19.1 Å². The van der Waals surface area contributed by atoms with Crippen molar-refractivity contribution in [1.29, 1.82) is 0 Å². The minimum absolute atomic E-state index is 0.00750. The predicted octanol–water partition coefficient (Wildman–Crippen LogP) is 0.609. The van der Waals surface area contributed by atoms with Crippen LogP contribution in [0.1, 0.15) is 18.6 Å². The minimum atomic E-state index is -3.27. The highest BCUT2D eigenvalue weighted by Crippen LogP contribution is 2.19. The Morgan fingerprint density at radius 1 is 1.39 bits per heavy atom. The van der Waals surface area contributed by atoms with Gasteiger partial charge in [0.25, 0.3) is 0 Å². The second-order valence-corrected chi connectivity index (χ2v) is 5.86. The van der Waals surface area contributed by atoms with Gasteiger partial charge in [0.15, 0.2) is 15.9 Å². The molecular formula is C11H15NO5S. The molecule has 0 radical (unpaired) electrons. The molecule has 0 bridgehead atoms. The largest absolute Gasteiger partial charge is 0.439 e. The monoisotopic (exact) mass is 273 g/mol. The quantitative estimate of drug-likeness (QED) is 0.817. The Morgan fingerprint density at radius 3 is 2.33 bits per heavy atom. The lowest BCUT2D eigenvalue weighted by molar-refractivity contribution is 0.0632. The normalized spacial score (nSPS) is 13.0. The summed E-state index contributed by atoms with van der Waals surface area (Å²) in [4.78, 5) is 10.8. The number of carbonyl (C=O) groups excluding carboxylic acids is 1. The molecule has 6 nitrogen and oxygen atoms in total. The zero-order chi connectivity index (χ0) is 13.8. The number of rotatable bonds is 5. The first-order chi connectivity index (χ1) is 8.40. The number of hydrogen-bond acceptors (Lipinski definition) is 5. The van der Waals surface area contributed by atoms with Crippen molar-refractivity contribution >= 4 is 15.9 Å². The van der Waals surface area contributed by atoms with Gasteiger partial charge in [-0.3, -0.25) is 0 Å². The Balaban J connectivity index is 2.98. The molecule has 0 fully saturated rings. The van der Waals surface area contributed by atoms with Crippen molar-refractivity contribution in [2.24, 2.45) is 5.73 Å². The van der Waals surface area contributed by atoms with Gasteiger partial charge in [0.05, 0.1) is 17.3 Å². The molecule has 1 atom stereocenters. The Labute approximate surface area is 105 Å². The maximum Gasteiger partial charge on any atom is 0.405 e. The maximum atomic E-state index is 11.6. The molecular weight excluding hydrogens is 258 g/mol. The average Bonchev–Trinajstić information content (AvgIpc) is 2.36. The molecule has 100 valence electrons. The van der Waals surface area contributed by atoms with Gasteiger partial charge in [-0.2, -0.15) is 0 Å². The number of sulfone groups is 1. The Kier molecular flexibility index (Phi) is 4.69. The number of ether oxygens (including phenoxy) is 1. The second kappa shape index (κ2) is 5.83. The average molecular weight is 273 g/mol. The van der Waals surface area contributed by atoms with Gasteiger partial charge in [-0.25, -0.2) is 13.2 Å². The van der Waals surface area contributed by atoms with E-state index in [1.54, 1.807) is 6.92 Å². The van der Waals surface area contributed by atoms with E-state index in [9.17, 15) is 13.2 Å². The number of nitrogens with two attached hydrogens (primary N) is 1. The molecule has 0 saturated heterocycles. The summed E-state index contributed by atoms with van der Waals surface area (Å²) < 4.78 is 27.8. The third-order valence-electron chi connectivity index (χ3n) is 2.42. The van der Waals surface area contributed by atoms with Crippen LogP contribution in [0.4, 0.5) is 4.79 Å². The summed E-state index contributed by atoms with van der Waals surface area (Å²) >= 11 is 0. The highest BCUT2D eigenvalue weighted by Gasteiger charge is 2.16. The molecule has 3 N–H and O–H groups in total. The van der Waals surface area contributed by atoms with E-state index in [4.69, 9.17) is 10.8 Å². The third kappa shape index (κ3) is 3.44. The molecule has 1 amide bonds. The highest BCUT2D eigenvalue weighted by molar-refractivity contribution is 7.91. The lowest BCUT2D eigenvalue weighted by Crippen LogP contribution is -2.19. The van der Waals surface area contributed by atoms with Crippen LogP contribution >= 0.6 is 0 Å². The summed E-state index contributed by atoms with van der Waals surface area (Å²) in [6.45, 7) is 1.12. The molecule has 0 spiro atoms. The van der Waals surface area contributed by atoms with Gasteiger partial charge < -0.3 is 15.6 Å². The molecule has 1 aromatic rings. The van der Waals surface area contributed by atoms with Crippen LogP contribution in [0.25, 0.3) is 0 Å². The number of primary amides is 1. The summed E-state index contributed by atoms with van der Waals surface area (Å²) in [6, 6.07) is 5.76. The summed E-state index contributed by atoms with van der Waals surface area (Å²) in [5.41, 5.74) is 5.34. The highest BCUT2D eigenvalue weighted by atomic mass is 32.2. The van der Waals surface area contributed by atoms with Crippen molar-refractivity contribution in [3.05, 3.63) is 29.8 Å². The lowest BCUT2D eigenvalue weighted by Gasteiger charge is -2.14. The van der Waals surface area contributed by atoms with Crippen molar-refractivity contribution in [3.63, 3.8) is 0 Å². The Morgan fingerprint density at radius 2 is 1.94 bits per heavy atom. The molecule has 1 unspecified atom stereocenters. The van der Waals surface area contributed by atoms with Crippen molar-refractivity contribution < 1.29 is 23.1 Å². The van der Waals surface area contributed by atoms with Crippen LogP contribution in [-0.4, -0.2) is 32.0 Å². The van der Waals surface area contributed by atoms with Crippen LogP contribution in [0.5, 0.6) is 0 Å². The number of carbonyl (C=O) groups is 1. The lowest BCUT2D eigenvalue weighted by atomic mass is 10.1. The van der Waals surface area contributed by atoms with Crippen LogP contribution in [0, 0.1) is 0 Å². The maximum absolute atomic E-state index is 11.6. The van der Waals surface area contributed by atoms with E-state index in [1.807, 2.05) is 0 Å². The first kappa shape index (κ1) is 14.5. The van der Waals surface area contributed by atoms with E-state index in [0.717, 1.165) is 0 Å². The Hall–Kier alpha value is -1.60. The molecule has 18 heavy (non-hydrogen) atoms. The van der Waals surface area contributed by atoms with E-state index in [-0.39, 0.29) is 10.6 Å². The fourth-order valence-electron chi connectivity index (χ4n) is 1.41. The SMILES string of the molecule is CCS(=O)(=O)c1ccc(C(CO)OC(N)=O)cc1. The number of hydrogen-bond donors (Lipinski definition) is 2. The van der Waals surface area contributed by atoms with E-state index in [0.29, 0.717) is 5.56 Å². The molecule has 0 aliphatic heterocycles. The molecule has 7 heteroatoms. The zero-order valence-electron chi connectivity index (χ0n) is 9.87. The van der Waals surface area contributed by atoms with Crippen molar-refractivity contribution in [3.8, 4) is 0 Å². The Bertz CT molecular complexity index is 509. The number of aliphatic hydroxyl groups is 1. The molecule has 0 heterocycles. The van der Waals surface area contributed by atoms with Crippen LogP contribution in [0.2, 0.25) is 0 Å². The summed E-state index contributed by atoms with van der Waals surface area (Å²) in [6.07, 6.45) is -1.89. The third-order valence-corrected chi connectivity index (χ3v) is 4.17. The molecule has 0 aliphatic rings. The number of amides is 1. The molecule has 0 aliphatic carbocycles. The first-order valence-corrected chi connectivity index (χ1v) is 6.95. The van der Waals surface area contributed by atoms with Gasteiger partial charge in [0.1, 0.15) is 0 Å².